The van der Waals surface area contributed by atoms with Crippen LogP contribution in [-0.2, 0) is 0 Å². The van der Waals surface area contributed by atoms with Crippen molar-refractivity contribution in [3.63, 3.8) is 0 Å². The second-order valence-electron chi connectivity index (χ2n) is 5.32. The second kappa shape index (κ2) is 5.44. The summed E-state index contributed by atoms with van der Waals surface area (Å²) in [7, 11) is 0. The van der Waals surface area contributed by atoms with E-state index in [0.717, 1.165) is 27.0 Å². The van der Waals surface area contributed by atoms with Crippen LogP contribution in [0.15, 0.2) is 59.0 Å². The molecular weight excluding hydrogens is 306 g/mol. The summed E-state index contributed by atoms with van der Waals surface area (Å²) in [6.45, 7) is 2.04. The lowest BCUT2D eigenvalue weighted by atomic mass is 10.1. The third kappa shape index (κ3) is 2.45. The van der Waals surface area contributed by atoms with Crippen LogP contribution in [0.3, 0.4) is 0 Å². The van der Waals surface area contributed by atoms with Crippen LogP contribution in [-0.4, -0.2) is 15.0 Å². The van der Waals surface area contributed by atoms with Gasteiger partial charge in [-0.3, -0.25) is 9.78 Å². The maximum Gasteiger partial charge on any atom is 0.257 e. The van der Waals surface area contributed by atoms with Gasteiger partial charge < -0.3 is 4.98 Å². The van der Waals surface area contributed by atoms with Crippen molar-refractivity contribution in [2.45, 2.75) is 6.92 Å². The zero-order valence-corrected chi connectivity index (χ0v) is 13.2. The van der Waals surface area contributed by atoms with E-state index >= 15 is 0 Å². The maximum atomic E-state index is 12.4. The average Bonchev–Trinajstić information content (AvgIpc) is 3.05. The van der Waals surface area contributed by atoms with Gasteiger partial charge in [-0.25, -0.2) is 4.98 Å². The fraction of sp³-hybridized carbons (Fsp3) is 0.0556. The number of thiazole rings is 1. The van der Waals surface area contributed by atoms with Gasteiger partial charge in [-0.1, -0.05) is 12.1 Å². The van der Waals surface area contributed by atoms with E-state index in [1.54, 1.807) is 12.4 Å². The summed E-state index contributed by atoms with van der Waals surface area (Å²) in [5, 5.41) is 3.84. The van der Waals surface area contributed by atoms with E-state index in [9.17, 15) is 4.79 Å². The van der Waals surface area contributed by atoms with Gasteiger partial charge in [0.2, 0.25) is 0 Å². The summed E-state index contributed by atoms with van der Waals surface area (Å²) in [4.78, 5) is 24.0. The Balaban J connectivity index is 1.87. The predicted octanol–water partition coefficient (Wildman–Crippen LogP) is 4.02. The first-order valence-corrected chi connectivity index (χ1v) is 8.09. The number of fused-ring (bicyclic) bond motifs is 1. The summed E-state index contributed by atoms with van der Waals surface area (Å²) in [6.07, 6.45) is 3.48. The van der Waals surface area contributed by atoms with E-state index in [1.807, 2.05) is 48.7 Å². The molecule has 0 unspecified atom stereocenters. The van der Waals surface area contributed by atoms with Crippen LogP contribution < -0.4 is 5.56 Å². The minimum absolute atomic E-state index is 0.116. The molecule has 1 aromatic carbocycles. The van der Waals surface area contributed by atoms with E-state index in [-0.39, 0.29) is 5.56 Å². The molecule has 4 nitrogen and oxygen atoms in total. The SMILES string of the molecule is Cc1cccc2[nH]c(=O)c(-c3csc(-c4ccncc4)n3)cc12. The molecule has 0 aliphatic carbocycles. The molecule has 0 aliphatic heterocycles. The third-order valence-electron chi connectivity index (χ3n) is 3.81. The van der Waals surface area contributed by atoms with Gasteiger partial charge in [-0.15, -0.1) is 11.3 Å². The minimum Gasteiger partial charge on any atom is -0.321 e. The van der Waals surface area contributed by atoms with Crippen molar-refractivity contribution in [3.8, 4) is 21.8 Å². The molecule has 112 valence electrons. The Morgan fingerprint density at radius 3 is 2.78 bits per heavy atom. The van der Waals surface area contributed by atoms with Gasteiger partial charge in [-0.05, 0) is 36.8 Å². The van der Waals surface area contributed by atoms with E-state index < -0.39 is 0 Å². The van der Waals surface area contributed by atoms with Gasteiger partial charge in [-0.2, -0.15) is 0 Å². The standard InChI is InChI=1S/C18H13N3OS/c1-11-3-2-4-15-13(11)9-14(17(22)20-15)16-10-23-18(21-16)12-5-7-19-8-6-12/h2-10H,1H3,(H,20,22). The molecule has 1 N–H and O–H groups in total. The molecule has 0 aliphatic rings. The van der Waals surface area contributed by atoms with Crippen molar-refractivity contribution in [1.82, 2.24) is 15.0 Å². The summed E-state index contributed by atoms with van der Waals surface area (Å²) in [5.74, 6) is 0. The number of nitrogens with one attached hydrogen (secondary N) is 1. The average molecular weight is 319 g/mol. The molecule has 3 heterocycles. The number of H-pyrrole nitrogens is 1. The largest absolute Gasteiger partial charge is 0.321 e. The summed E-state index contributed by atoms with van der Waals surface area (Å²) in [5.41, 5.74) is 4.17. The summed E-state index contributed by atoms with van der Waals surface area (Å²) in [6, 6.07) is 11.6. The zero-order chi connectivity index (χ0) is 15.8. The summed E-state index contributed by atoms with van der Waals surface area (Å²) < 4.78 is 0. The lowest BCUT2D eigenvalue weighted by Gasteiger charge is -2.04. The molecule has 0 radical (unpaired) electrons. The van der Waals surface area contributed by atoms with E-state index in [2.05, 4.69) is 15.0 Å². The van der Waals surface area contributed by atoms with Crippen LogP contribution in [0.1, 0.15) is 5.56 Å². The Morgan fingerprint density at radius 1 is 1.13 bits per heavy atom. The lowest BCUT2D eigenvalue weighted by molar-refractivity contribution is 1.27. The minimum atomic E-state index is -0.116. The monoisotopic (exact) mass is 319 g/mol. The molecule has 0 bridgehead atoms. The van der Waals surface area contributed by atoms with Gasteiger partial charge >= 0.3 is 0 Å². The Hall–Kier alpha value is -2.79. The van der Waals surface area contributed by atoms with E-state index in [4.69, 9.17) is 0 Å². The second-order valence-corrected chi connectivity index (χ2v) is 6.18. The maximum absolute atomic E-state index is 12.4. The van der Waals surface area contributed by atoms with Gasteiger partial charge in [0.15, 0.2) is 0 Å². The molecular formula is C18H13N3OS. The van der Waals surface area contributed by atoms with Crippen molar-refractivity contribution in [2.24, 2.45) is 0 Å². The number of aryl methyl sites for hydroxylation is 1. The number of hydrogen-bond donors (Lipinski definition) is 1. The fourth-order valence-electron chi connectivity index (χ4n) is 2.60. The molecule has 0 saturated carbocycles. The molecule has 0 amide bonds. The van der Waals surface area contributed by atoms with Gasteiger partial charge in [0.05, 0.1) is 11.3 Å². The molecule has 0 fully saturated rings. The smallest absolute Gasteiger partial charge is 0.257 e. The molecule has 23 heavy (non-hydrogen) atoms. The Morgan fingerprint density at radius 2 is 1.96 bits per heavy atom. The van der Waals surface area contributed by atoms with Crippen LogP contribution in [0.2, 0.25) is 0 Å². The molecule has 0 spiro atoms. The number of aromatic nitrogens is 3. The topological polar surface area (TPSA) is 58.6 Å². The van der Waals surface area contributed by atoms with Crippen LogP contribution >= 0.6 is 11.3 Å². The highest BCUT2D eigenvalue weighted by Crippen LogP contribution is 2.28. The normalized spacial score (nSPS) is 11.0. The number of pyridine rings is 2. The van der Waals surface area contributed by atoms with Gasteiger partial charge in [0, 0.05) is 34.2 Å². The first-order chi connectivity index (χ1) is 11.2. The Kier molecular flexibility index (Phi) is 3.28. The first kappa shape index (κ1) is 13.8. The number of hydrogen-bond acceptors (Lipinski definition) is 4. The number of benzene rings is 1. The molecule has 0 saturated heterocycles. The highest BCUT2D eigenvalue weighted by molar-refractivity contribution is 7.13. The summed E-state index contributed by atoms with van der Waals surface area (Å²) >= 11 is 1.52. The van der Waals surface area contributed by atoms with Crippen LogP contribution in [0, 0.1) is 6.92 Å². The molecule has 4 rings (SSSR count). The third-order valence-corrected chi connectivity index (χ3v) is 4.70. The Bertz CT molecular complexity index is 1050. The van der Waals surface area contributed by atoms with Gasteiger partial charge in [0.1, 0.15) is 5.01 Å². The van der Waals surface area contributed by atoms with E-state index in [1.165, 1.54) is 11.3 Å². The number of aromatic amines is 1. The Labute approximate surface area is 136 Å². The van der Waals surface area contributed by atoms with Crippen molar-refractivity contribution in [2.75, 3.05) is 0 Å². The van der Waals surface area contributed by atoms with Crippen molar-refractivity contribution < 1.29 is 0 Å². The number of nitrogens with zero attached hydrogens (tertiary/aromatic N) is 2. The number of rotatable bonds is 2. The molecule has 3 aromatic heterocycles. The first-order valence-electron chi connectivity index (χ1n) is 7.21. The van der Waals surface area contributed by atoms with Crippen LogP contribution in [0.4, 0.5) is 0 Å². The molecule has 0 atom stereocenters. The van der Waals surface area contributed by atoms with Gasteiger partial charge in [0.25, 0.3) is 5.56 Å². The van der Waals surface area contributed by atoms with Crippen LogP contribution in [0.5, 0.6) is 0 Å². The van der Waals surface area contributed by atoms with E-state index in [0.29, 0.717) is 11.3 Å². The highest BCUT2D eigenvalue weighted by atomic mass is 32.1. The lowest BCUT2D eigenvalue weighted by Crippen LogP contribution is -2.09. The quantitative estimate of drug-likeness (QED) is 0.607. The molecule has 5 heteroatoms. The fourth-order valence-corrected chi connectivity index (χ4v) is 3.42. The zero-order valence-electron chi connectivity index (χ0n) is 12.4. The van der Waals surface area contributed by atoms with Crippen molar-refractivity contribution >= 4 is 22.2 Å². The highest BCUT2D eigenvalue weighted by Gasteiger charge is 2.11. The van der Waals surface area contributed by atoms with Crippen LogP contribution in [0.25, 0.3) is 32.7 Å². The van der Waals surface area contributed by atoms with Crippen molar-refractivity contribution in [1.29, 1.82) is 0 Å². The molecule has 4 aromatic rings. The van der Waals surface area contributed by atoms with Crippen molar-refractivity contribution in [3.05, 3.63) is 70.1 Å². The predicted molar refractivity (Wildman–Crippen MR) is 93.6 cm³/mol.